The summed E-state index contributed by atoms with van der Waals surface area (Å²) in [6, 6.07) is 0. The van der Waals surface area contributed by atoms with E-state index in [2.05, 4.69) is 60.3 Å². The Kier molecular flexibility index (Phi) is 33.9. The number of esters is 2. The summed E-state index contributed by atoms with van der Waals surface area (Å²) < 4.78 is 11.7. The molecule has 54 heavy (non-hydrogen) atoms. The van der Waals surface area contributed by atoms with Crippen LogP contribution in [0.5, 0.6) is 0 Å². The third-order valence-electron chi connectivity index (χ3n) is 11.5. The first-order chi connectivity index (χ1) is 25.7. The van der Waals surface area contributed by atoms with Crippen molar-refractivity contribution >= 4 is 17.7 Å². The lowest BCUT2D eigenvalue weighted by molar-refractivity contribution is -0.150. The highest BCUT2D eigenvalue weighted by atomic mass is 16.5. The van der Waals surface area contributed by atoms with Crippen LogP contribution in [0.4, 0.5) is 0 Å². The molecular formula is C48H93NO5. The van der Waals surface area contributed by atoms with Crippen LogP contribution in [0, 0.1) is 35.5 Å². The Morgan fingerprint density at radius 3 is 1.37 bits per heavy atom. The van der Waals surface area contributed by atoms with Crippen LogP contribution in [0.25, 0.3) is 0 Å². The molecule has 6 heteroatoms. The standard InChI is InChI=1S/C48H93NO5/c1-39(2)31-33-43(41(5)6)35-36-45(50)26-21-17-13-11-14-18-22-27-46(54-48(52)30-25-37-49(9)10)28-23-19-15-12-16-20-24-29-47(51)53-38-44(42(7)8)34-32-40(3)4/h39-44,46H,11-38H2,1-10H3. The Labute approximate surface area is 336 Å². The quantitative estimate of drug-likeness (QED) is 0.0460. The number of unbranched alkanes of at least 4 members (excludes halogenated alkanes) is 12. The van der Waals surface area contributed by atoms with Crippen LogP contribution in [-0.4, -0.2) is 56.0 Å². The Morgan fingerprint density at radius 2 is 0.889 bits per heavy atom. The average Bonchev–Trinajstić information content (AvgIpc) is 3.09. The number of ketones is 1. The molecule has 320 valence electrons. The van der Waals surface area contributed by atoms with Gasteiger partial charge in [-0.05, 0) is 120 Å². The van der Waals surface area contributed by atoms with Gasteiger partial charge in [0, 0.05) is 25.7 Å². The van der Waals surface area contributed by atoms with Gasteiger partial charge >= 0.3 is 11.9 Å². The molecule has 0 aliphatic heterocycles. The van der Waals surface area contributed by atoms with Crippen molar-refractivity contribution in [1.29, 1.82) is 0 Å². The number of carbonyl (C=O) groups excluding carboxylic acids is 3. The molecule has 0 heterocycles. The molecule has 0 aromatic rings. The van der Waals surface area contributed by atoms with Crippen LogP contribution in [0.3, 0.4) is 0 Å². The molecule has 3 unspecified atom stereocenters. The maximum absolute atomic E-state index is 12.6. The summed E-state index contributed by atoms with van der Waals surface area (Å²) >= 11 is 0. The smallest absolute Gasteiger partial charge is 0.306 e. The number of Topliss-reactive ketones (excluding diaryl/α,β-unsaturated/α-hetero) is 1. The summed E-state index contributed by atoms with van der Waals surface area (Å²) in [5.41, 5.74) is 0. The summed E-state index contributed by atoms with van der Waals surface area (Å²) in [6.07, 6.45) is 27.2. The molecule has 6 nitrogen and oxygen atoms in total. The number of hydrogen-bond donors (Lipinski definition) is 0. The number of hydrogen-bond acceptors (Lipinski definition) is 6. The average molecular weight is 764 g/mol. The minimum absolute atomic E-state index is 0.0334. The highest BCUT2D eigenvalue weighted by molar-refractivity contribution is 5.78. The minimum atomic E-state index is -0.0412. The molecule has 0 rings (SSSR count). The van der Waals surface area contributed by atoms with Crippen LogP contribution in [0.2, 0.25) is 0 Å². The fourth-order valence-corrected chi connectivity index (χ4v) is 7.41. The van der Waals surface area contributed by atoms with Gasteiger partial charge < -0.3 is 14.4 Å². The van der Waals surface area contributed by atoms with Gasteiger partial charge in [-0.2, -0.15) is 0 Å². The molecule has 0 saturated carbocycles. The van der Waals surface area contributed by atoms with Crippen LogP contribution >= 0.6 is 0 Å². The van der Waals surface area contributed by atoms with E-state index in [1.165, 1.54) is 64.2 Å². The fraction of sp³-hybridized carbons (Fsp3) is 0.938. The van der Waals surface area contributed by atoms with Crippen molar-refractivity contribution in [2.24, 2.45) is 35.5 Å². The summed E-state index contributed by atoms with van der Waals surface area (Å²) in [4.78, 5) is 39.6. The van der Waals surface area contributed by atoms with Gasteiger partial charge in [-0.25, -0.2) is 0 Å². The molecule has 0 spiro atoms. The topological polar surface area (TPSA) is 72.9 Å². The summed E-state index contributed by atoms with van der Waals surface area (Å²) in [5.74, 6) is 4.17. The first-order valence-corrected chi connectivity index (χ1v) is 23.2. The van der Waals surface area contributed by atoms with E-state index in [0.717, 1.165) is 102 Å². The second-order valence-electron chi connectivity index (χ2n) is 18.8. The Bertz CT molecular complexity index is 840. The van der Waals surface area contributed by atoms with Gasteiger partial charge in [0.2, 0.25) is 0 Å². The molecular weight excluding hydrogens is 671 g/mol. The maximum Gasteiger partial charge on any atom is 0.306 e. The monoisotopic (exact) mass is 764 g/mol. The van der Waals surface area contributed by atoms with E-state index in [9.17, 15) is 14.4 Å². The maximum atomic E-state index is 12.6. The molecule has 0 amide bonds. The van der Waals surface area contributed by atoms with Crippen molar-refractivity contribution in [3.8, 4) is 0 Å². The second kappa shape index (κ2) is 34.8. The normalized spacial score (nSPS) is 13.7. The van der Waals surface area contributed by atoms with Crippen LogP contribution in [0.15, 0.2) is 0 Å². The molecule has 0 bridgehead atoms. The predicted octanol–water partition coefficient (Wildman–Crippen LogP) is 13.6. The van der Waals surface area contributed by atoms with Crippen LogP contribution < -0.4 is 0 Å². The summed E-state index contributed by atoms with van der Waals surface area (Å²) in [7, 11) is 4.08. The predicted molar refractivity (Wildman–Crippen MR) is 231 cm³/mol. The van der Waals surface area contributed by atoms with Gasteiger partial charge in [0.1, 0.15) is 11.9 Å². The third-order valence-corrected chi connectivity index (χ3v) is 11.5. The van der Waals surface area contributed by atoms with Crippen molar-refractivity contribution in [2.45, 2.75) is 228 Å². The molecule has 0 radical (unpaired) electrons. The zero-order valence-electron chi connectivity index (χ0n) is 37.8. The van der Waals surface area contributed by atoms with Crippen LogP contribution in [-0.2, 0) is 23.9 Å². The van der Waals surface area contributed by atoms with Crippen molar-refractivity contribution in [2.75, 3.05) is 27.2 Å². The van der Waals surface area contributed by atoms with Crippen molar-refractivity contribution in [3.63, 3.8) is 0 Å². The molecule has 0 saturated heterocycles. The second-order valence-corrected chi connectivity index (χ2v) is 18.8. The van der Waals surface area contributed by atoms with Gasteiger partial charge in [0.05, 0.1) is 6.61 Å². The Hall–Kier alpha value is -1.43. The molecule has 0 aromatic carbocycles. The van der Waals surface area contributed by atoms with Crippen LogP contribution in [0.1, 0.15) is 222 Å². The molecule has 0 aromatic heterocycles. The number of nitrogens with zero attached hydrogens (tertiary/aromatic N) is 1. The lowest BCUT2D eigenvalue weighted by Crippen LogP contribution is -2.20. The number of ether oxygens (including phenoxy) is 2. The van der Waals surface area contributed by atoms with Gasteiger partial charge in [-0.3, -0.25) is 14.4 Å². The van der Waals surface area contributed by atoms with E-state index in [4.69, 9.17) is 9.47 Å². The van der Waals surface area contributed by atoms with E-state index >= 15 is 0 Å². The lowest BCUT2D eigenvalue weighted by atomic mass is 9.84. The third kappa shape index (κ3) is 33.9. The molecule has 0 fully saturated rings. The van der Waals surface area contributed by atoms with E-state index in [0.29, 0.717) is 54.8 Å². The Balaban J connectivity index is 4.23. The zero-order valence-corrected chi connectivity index (χ0v) is 37.8. The summed E-state index contributed by atoms with van der Waals surface area (Å²) in [5, 5.41) is 0. The molecule has 0 aliphatic rings. The van der Waals surface area contributed by atoms with Gasteiger partial charge in [0.15, 0.2) is 0 Å². The fourth-order valence-electron chi connectivity index (χ4n) is 7.41. The van der Waals surface area contributed by atoms with E-state index < -0.39 is 0 Å². The van der Waals surface area contributed by atoms with Crippen molar-refractivity contribution in [1.82, 2.24) is 4.90 Å². The Morgan fingerprint density at radius 1 is 0.444 bits per heavy atom. The molecule has 0 aliphatic carbocycles. The van der Waals surface area contributed by atoms with Crippen molar-refractivity contribution in [3.05, 3.63) is 0 Å². The zero-order chi connectivity index (χ0) is 40.6. The summed E-state index contributed by atoms with van der Waals surface area (Å²) in [6.45, 7) is 19.6. The van der Waals surface area contributed by atoms with Gasteiger partial charge in [-0.1, -0.05) is 132 Å². The SMILES string of the molecule is CC(C)CCC(CCC(=O)CCCCCCCCCC(CCCCCCCCCC(=O)OCC(CCC(C)C)C(C)C)OC(=O)CCCN(C)C)C(C)C. The number of rotatable bonds is 38. The first kappa shape index (κ1) is 52.6. The minimum Gasteiger partial charge on any atom is -0.465 e. The largest absolute Gasteiger partial charge is 0.465 e. The highest BCUT2D eigenvalue weighted by Crippen LogP contribution is 2.26. The highest BCUT2D eigenvalue weighted by Gasteiger charge is 2.18. The van der Waals surface area contributed by atoms with E-state index in [1.54, 1.807) is 0 Å². The van der Waals surface area contributed by atoms with E-state index in [1.807, 2.05) is 14.1 Å². The van der Waals surface area contributed by atoms with Gasteiger partial charge in [0.25, 0.3) is 0 Å². The lowest BCUT2D eigenvalue weighted by Gasteiger charge is -2.21. The number of carbonyl (C=O) groups is 3. The first-order valence-electron chi connectivity index (χ1n) is 23.2. The van der Waals surface area contributed by atoms with E-state index in [-0.39, 0.29) is 18.0 Å². The molecule has 0 N–H and O–H groups in total. The van der Waals surface area contributed by atoms with Crippen molar-refractivity contribution < 1.29 is 23.9 Å². The van der Waals surface area contributed by atoms with Gasteiger partial charge in [-0.15, -0.1) is 0 Å². The molecule has 3 atom stereocenters.